The number of hydrogen-bond acceptors (Lipinski definition) is 6. The molecule has 0 fully saturated rings. The molecule has 1 aromatic carbocycles. The Balaban J connectivity index is 2.68. The first-order valence-electron chi connectivity index (χ1n) is 6.34. The average Bonchev–Trinajstić information content (AvgIpc) is 2.50. The van der Waals surface area contributed by atoms with Crippen molar-refractivity contribution in [3.8, 4) is 0 Å². The van der Waals surface area contributed by atoms with Crippen LogP contribution in [0.25, 0.3) is 0 Å². The number of benzene rings is 1. The summed E-state index contributed by atoms with van der Waals surface area (Å²) in [6.07, 6.45) is -0.353. The van der Waals surface area contributed by atoms with Gasteiger partial charge in [0.2, 0.25) is 0 Å². The molecule has 6 heteroatoms. The van der Waals surface area contributed by atoms with Crippen LogP contribution in [0.4, 0.5) is 0 Å². The van der Waals surface area contributed by atoms with E-state index in [0.29, 0.717) is 23.5 Å². The highest BCUT2D eigenvalue weighted by Gasteiger charge is 2.36. The van der Waals surface area contributed by atoms with Crippen molar-refractivity contribution in [1.82, 2.24) is 0 Å². The summed E-state index contributed by atoms with van der Waals surface area (Å²) >= 11 is 1.44. The Morgan fingerprint density at radius 3 is 2.65 bits per heavy atom. The maximum absolute atomic E-state index is 12.0. The van der Waals surface area contributed by atoms with E-state index in [1.807, 2.05) is 18.2 Å². The van der Waals surface area contributed by atoms with E-state index in [1.54, 1.807) is 12.1 Å². The van der Waals surface area contributed by atoms with Crippen molar-refractivity contribution < 1.29 is 19.7 Å². The lowest BCUT2D eigenvalue weighted by Crippen LogP contribution is -2.46. The lowest BCUT2D eigenvalue weighted by molar-refractivity contribution is -0.147. The summed E-state index contributed by atoms with van der Waals surface area (Å²) in [7, 11) is 1.32. The number of nitrogens with two attached hydrogens (primary N) is 1. The van der Waals surface area contributed by atoms with E-state index in [9.17, 15) is 9.90 Å². The lowest BCUT2D eigenvalue weighted by Gasteiger charge is -2.27. The van der Waals surface area contributed by atoms with E-state index >= 15 is 0 Å². The van der Waals surface area contributed by atoms with Gasteiger partial charge in [-0.25, -0.2) is 4.79 Å². The molecule has 0 amide bonds. The molecule has 0 radical (unpaired) electrons. The number of thioether (sulfide) groups is 1. The molecule has 2 unspecified atom stereocenters. The van der Waals surface area contributed by atoms with Gasteiger partial charge in [-0.2, -0.15) is 11.8 Å². The zero-order valence-corrected chi connectivity index (χ0v) is 12.3. The van der Waals surface area contributed by atoms with Gasteiger partial charge < -0.3 is 20.7 Å². The van der Waals surface area contributed by atoms with Gasteiger partial charge in [0.05, 0.1) is 19.8 Å². The first-order valence-corrected chi connectivity index (χ1v) is 7.49. The number of rotatable bonds is 8. The van der Waals surface area contributed by atoms with E-state index in [-0.39, 0.29) is 6.61 Å². The highest BCUT2D eigenvalue weighted by atomic mass is 32.2. The molecule has 20 heavy (non-hydrogen) atoms. The molecule has 0 saturated heterocycles. The van der Waals surface area contributed by atoms with E-state index in [2.05, 4.69) is 0 Å². The minimum atomic E-state index is -1.19. The van der Waals surface area contributed by atoms with Crippen LogP contribution in [0.5, 0.6) is 0 Å². The number of methoxy groups -OCH3 is 1. The SMILES string of the molecule is COC(=O)C(N)(CCSCC(O)CO)c1ccccc1. The number of esters is 1. The van der Waals surface area contributed by atoms with Gasteiger partial charge in [-0.1, -0.05) is 30.3 Å². The van der Waals surface area contributed by atoms with Crippen molar-refractivity contribution >= 4 is 17.7 Å². The molecule has 0 aliphatic heterocycles. The molecule has 0 bridgehead atoms. The number of carbonyl (C=O) groups excluding carboxylic acids is 1. The Bertz CT molecular complexity index is 415. The number of carbonyl (C=O) groups is 1. The summed E-state index contributed by atoms with van der Waals surface area (Å²) in [6, 6.07) is 9.09. The molecule has 4 N–H and O–H groups in total. The smallest absolute Gasteiger partial charge is 0.330 e. The van der Waals surface area contributed by atoms with Crippen LogP contribution < -0.4 is 5.73 Å². The van der Waals surface area contributed by atoms with Crippen molar-refractivity contribution in [3.05, 3.63) is 35.9 Å². The molecule has 5 nitrogen and oxygen atoms in total. The average molecular weight is 299 g/mol. The molecule has 1 rings (SSSR count). The van der Waals surface area contributed by atoms with E-state index in [4.69, 9.17) is 15.6 Å². The van der Waals surface area contributed by atoms with Crippen molar-refractivity contribution in [3.63, 3.8) is 0 Å². The maximum atomic E-state index is 12.0. The maximum Gasteiger partial charge on any atom is 0.330 e. The van der Waals surface area contributed by atoms with Crippen LogP contribution in [0.3, 0.4) is 0 Å². The van der Waals surface area contributed by atoms with Crippen LogP contribution >= 0.6 is 11.8 Å². The predicted octanol–water partition coefficient (Wildman–Crippen LogP) is 0.490. The summed E-state index contributed by atoms with van der Waals surface area (Å²) in [5.41, 5.74) is 5.74. The van der Waals surface area contributed by atoms with E-state index < -0.39 is 17.6 Å². The third-order valence-electron chi connectivity index (χ3n) is 3.00. The summed E-state index contributed by atoms with van der Waals surface area (Å²) < 4.78 is 4.81. The van der Waals surface area contributed by atoms with Crippen molar-refractivity contribution in [2.45, 2.75) is 18.1 Å². The molecule has 112 valence electrons. The number of ether oxygens (including phenoxy) is 1. The monoisotopic (exact) mass is 299 g/mol. The van der Waals surface area contributed by atoms with Gasteiger partial charge >= 0.3 is 5.97 Å². The van der Waals surface area contributed by atoms with Crippen molar-refractivity contribution in [1.29, 1.82) is 0 Å². The zero-order chi connectivity index (χ0) is 15.0. The highest BCUT2D eigenvalue weighted by Crippen LogP contribution is 2.25. The molecule has 0 aromatic heterocycles. The predicted molar refractivity (Wildman–Crippen MR) is 79.4 cm³/mol. The minimum Gasteiger partial charge on any atom is -0.467 e. The summed E-state index contributed by atoms with van der Waals surface area (Å²) in [5.74, 6) is 0.507. The number of aliphatic hydroxyl groups excluding tert-OH is 2. The second-order valence-electron chi connectivity index (χ2n) is 4.49. The first-order chi connectivity index (χ1) is 9.54. The van der Waals surface area contributed by atoms with Gasteiger partial charge in [0, 0.05) is 5.75 Å². The standard InChI is InChI=1S/C14H21NO4S/c1-19-13(18)14(15,11-5-3-2-4-6-11)7-8-20-10-12(17)9-16/h2-6,12,16-17H,7-10,15H2,1H3. The lowest BCUT2D eigenvalue weighted by atomic mass is 9.88. The third kappa shape index (κ3) is 4.49. The Labute approximate surface area is 123 Å². The van der Waals surface area contributed by atoms with Gasteiger partial charge in [0.25, 0.3) is 0 Å². The van der Waals surface area contributed by atoms with Crippen LogP contribution in [0.2, 0.25) is 0 Å². The van der Waals surface area contributed by atoms with Crippen LogP contribution in [-0.4, -0.2) is 47.5 Å². The molecular formula is C14H21NO4S. The Morgan fingerprint density at radius 2 is 2.10 bits per heavy atom. The minimum absolute atomic E-state index is 0.267. The number of hydrogen-bond donors (Lipinski definition) is 3. The quantitative estimate of drug-likeness (QED) is 0.478. The Hall–Kier alpha value is -1.08. The fraction of sp³-hybridized carbons (Fsp3) is 0.500. The fourth-order valence-corrected chi connectivity index (χ4v) is 2.80. The second kappa shape index (κ2) is 8.26. The fourth-order valence-electron chi connectivity index (χ4n) is 1.79. The summed E-state index contributed by atoms with van der Waals surface area (Å²) in [5, 5.41) is 18.0. The highest BCUT2D eigenvalue weighted by molar-refractivity contribution is 7.99. The molecule has 1 aromatic rings. The topological polar surface area (TPSA) is 92.8 Å². The van der Waals surface area contributed by atoms with Gasteiger partial charge in [-0.05, 0) is 17.7 Å². The zero-order valence-electron chi connectivity index (χ0n) is 11.5. The number of aliphatic hydroxyl groups is 2. The molecule has 0 aliphatic rings. The Morgan fingerprint density at radius 1 is 1.45 bits per heavy atom. The van der Waals surface area contributed by atoms with Gasteiger partial charge in [0.15, 0.2) is 0 Å². The van der Waals surface area contributed by atoms with Crippen LogP contribution in [-0.2, 0) is 15.1 Å². The van der Waals surface area contributed by atoms with E-state index in [0.717, 1.165) is 0 Å². The molecule has 0 saturated carbocycles. The summed E-state index contributed by atoms with van der Waals surface area (Å²) in [4.78, 5) is 12.0. The van der Waals surface area contributed by atoms with Crippen molar-refractivity contribution in [2.24, 2.45) is 5.73 Å². The molecule has 0 heterocycles. The summed E-state index contributed by atoms with van der Waals surface area (Å²) in [6.45, 7) is -0.267. The normalized spacial score (nSPS) is 15.4. The van der Waals surface area contributed by atoms with Crippen LogP contribution in [0.1, 0.15) is 12.0 Å². The van der Waals surface area contributed by atoms with Gasteiger partial charge in [0.1, 0.15) is 5.54 Å². The van der Waals surface area contributed by atoms with Crippen molar-refractivity contribution in [2.75, 3.05) is 25.2 Å². The largest absolute Gasteiger partial charge is 0.467 e. The van der Waals surface area contributed by atoms with Crippen LogP contribution in [0, 0.1) is 0 Å². The second-order valence-corrected chi connectivity index (χ2v) is 5.64. The third-order valence-corrected chi connectivity index (χ3v) is 4.11. The first kappa shape index (κ1) is 17.0. The molecule has 0 aliphatic carbocycles. The van der Waals surface area contributed by atoms with E-state index in [1.165, 1.54) is 18.9 Å². The van der Waals surface area contributed by atoms with Crippen LogP contribution in [0.15, 0.2) is 30.3 Å². The molecule has 2 atom stereocenters. The van der Waals surface area contributed by atoms with Gasteiger partial charge in [-0.15, -0.1) is 0 Å². The van der Waals surface area contributed by atoms with Gasteiger partial charge in [-0.3, -0.25) is 0 Å². The Kier molecular flexibility index (Phi) is 7.01. The molecular weight excluding hydrogens is 278 g/mol. The molecule has 0 spiro atoms.